The number of fused-ring (bicyclic) bond motifs is 1. The Labute approximate surface area is 98.0 Å². The summed E-state index contributed by atoms with van der Waals surface area (Å²) < 4.78 is 11.7. The standard InChI is InChI=1S/C12H13BrO2/c1-14-11-7-10(13)12(15-2)9-6-4-3-5-8(9)11/h4,6-7H,3,5H2,1-2H3. The number of halogens is 1. The molecule has 0 radical (unpaired) electrons. The minimum atomic E-state index is 0.891. The van der Waals surface area contributed by atoms with Crippen LogP contribution in [0.15, 0.2) is 16.6 Å². The van der Waals surface area contributed by atoms with Gasteiger partial charge < -0.3 is 9.47 Å². The highest BCUT2D eigenvalue weighted by Crippen LogP contribution is 2.40. The number of allylic oxidation sites excluding steroid dienone is 1. The van der Waals surface area contributed by atoms with Gasteiger partial charge in [-0.2, -0.15) is 0 Å². The van der Waals surface area contributed by atoms with Gasteiger partial charge >= 0.3 is 0 Å². The summed E-state index contributed by atoms with van der Waals surface area (Å²) in [4.78, 5) is 0. The van der Waals surface area contributed by atoms with Gasteiger partial charge in [-0.05, 0) is 34.8 Å². The van der Waals surface area contributed by atoms with Gasteiger partial charge in [0, 0.05) is 11.1 Å². The molecule has 1 aliphatic carbocycles. The van der Waals surface area contributed by atoms with Gasteiger partial charge in [0.25, 0.3) is 0 Å². The van der Waals surface area contributed by atoms with Gasteiger partial charge in [0.05, 0.1) is 18.7 Å². The van der Waals surface area contributed by atoms with Gasteiger partial charge in [-0.15, -0.1) is 0 Å². The zero-order valence-electron chi connectivity index (χ0n) is 8.84. The van der Waals surface area contributed by atoms with E-state index in [9.17, 15) is 0 Å². The Morgan fingerprint density at radius 2 is 2.07 bits per heavy atom. The van der Waals surface area contributed by atoms with Crippen LogP contribution in [-0.4, -0.2) is 14.2 Å². The van der Waals surface area contributed by atoms with Crippen molar-refractivity contribution in [2.75, 3.05) is 14.2 Å². The first-order valence-corrected chi connectivity index (χ1v) is 5.67. The second-order valence-electron chi connectivity index (χ2n) is 3.43. The van der Waals surface area contributed by atoms with Gasteiger partial charge in [0.2, 0.25) is 0 Å². The Morgan fingerprint density at radius 1 is 1.27 bits per heavy atom. The Bertz CT molecular complexity index is 411. The summed E-state index contributed by atoms with van der Waals surface area (Å²) in [6, 6.07) is 1.97. The van der Waals surface area contributed by atoms with E-state index in [-0.39, 0.29) is 0 Å². The summed E-state index contributed by atoms with van der Waals surface area (Å²) in [6.07, 6.45) is 6.34. The molecule has 0 saturated carbocycles. The molecule has 0 saturated heterocycles. The lowest BCUT2D eigenvalue weighted by Gasteiger charge is -2.18. The molecular weight excluding hydrogens is 256 g/mol. The number of ether oxygens (including phenoxy) is 2. The van der Waals surface area contributed by atoms with Crippen LogP contribution in [0.5, 0.6) is 11.5 Å². The van der Waals surface area contributed by atoms with Gasteiger partial charge in [-0.1, -0.05) is 12.2 Å². The summed E-state index contributed by atoms with van der Waals surface area (Å²) in [7, 11) is 3.39. The molecular formula is C12H13BrO2. The van der Waals surface area contributed by atoms with Crippen molar-refractivity contribution in [3.63, 3.8) is 0 Å². The third-order valence-electron chi connectivity index (χ3n) is 2.61. The van der Waals surface area contributed by atoms with E-state index < -0.39 is 0 Å². The van der Waals surface area contributed by atoms with E-state index in [2.05, 4.69) is 28.1 Å². The summed E-state index contributed by atoms with van der Waals surface area (Å²) in [5, 5.41) is 0. The Kier molecular flexibility index (Phi) is 3.00. The molecule has 0 unspecified atom stereocenters. The second-order valence-corrected chi connectivity index (χ2v) is 4.28. The first-order chi connectivity index (χ1) is 7.27. The van der Waals surface area contributed by atoms with Crippen molar-refractivity contribution >= 4 is 22.0 Å². The Hall–Kier alpha value is -0.960. The number of benzene rings is 1. The molecule has 0 heterocycles. The van der Waals surface area contributed by atoms with Crippen molar-refractivity contribution in [1.82, 2.24) is 0 Å². The molecule has 0 fully saturated rings. The van der Waals surface area contributed by atoms with E-state index in [1.165, 1.54) is 5.56 Å². The summed E-state index contributed by atoms with van der Waals surface area (Å²) in [5.41, 5.74) is 2.37. The number of hydrogen-bond acceptors (Lipinski definition) is 2. The summed E-state index contributed by atoms with van der Waals surface area (Å²) >= 11 is 3.49. The quantitative estimate of drug-likeness (QED) is 0.819. The summed E-state index contributed by atoms with van der Waals surface area (Å²) in [5.74, 6) is 1.82. The van der Waals surface area contributed by atoms with Gasteiger partial charge in [-0.3, -0.25) is 0 Å². The molecule has 0 atom stereocenters. The van der Waals surface area contributed by atoms with E-state index in [1.807, 2.05) is 6.07 Å². The molecule has 0 bridgehead atoms. The average molecular weight is 269 g/mol. The molecule has 3 heteroatoms. The molecule has 1 aliphatic rings. The smallest absolute Gasteiger partial charge is 0.140 e. The summed E-state index contributed by atoms with van der Waals surface area (Å²) in [6.45, 7) is 0. The predicted octanol–water partition coefficient (Wildman–Crippen LogP) is 3.43. The molecule has 15 heavy (non-hydrogen) atoms. The zero-order valence-corrected chi connectivity index (χ0v) is 10.4. The number of hydrogen-bond donors (Lipinski definition) is 0. The van der Waals surface area contributed by atoms with Crippen LogP contribution in [0.3, 0.4) is 0 Å². The van der Waals surface area contributed by atoms with E-state index >= 15 is 0 Å². The Morgan fingerprint density at radius 3 is 2.73 bits per heavy atom. The third-order valence-corrected chi connectivity index (χ3v) is 3.20. The van der Waals surface area contributed by atoms with E-state index in [4.69, 9.17) is 9.47 Å². The number of rotatable bonds is 2. The van der Waals surface area contributed by atoms with Gasteiger partial charge in [0.15, 0.2) is 0 Å². The molecule has 0 amide bonds. The normalized spacial score (nSPS) is 13.5. The maximum Gasteiger partial charge on any atom is 0.140 e. The van der Waals surface area contributed by atoms with Crippen molar-refractivity contribution in [3.8, 4) is 11.5 Å². The van der Waals surface area contributed by atoms with Crippen LogP contribution >= 0.6 is 15.9 Å². The molecule has 2 rings (SSSR count). The average Bonchev–Trinajstić information content (AvgIpc) is 2.28. The molecule has 0 N–H and O–H groups in total. The van der Waals surface area contributed by atoms with Gasteiger partial charge in [-0.25, -0.2) is 0 Å². The highest BCUT2D eigenvalue weighted by atomic mass is 79.9. The lowest BCUT2D eigenvalue weighted by Crippen LogP contribution is -2.02. The SMILES string of the molecule is COc1cc(Br)c(OC)c2c1CCC=C2. The molecule has 80 valence electrons. The minimum Gasteiger partial charge on any atom is -0.496 e. The van der Waals surface area contributed by atoms with Crippen LogP contribution in [0.2, 0.25) is 0 Å². The third kappa shape index (κ3) is 1.76. The highest BCUT2D eigenvalue weighted by Gasteiger charge is 2.17. The maximum absolute atomic E-state index is 5.39. The first-order valence-electron chi connectivity index (χ1n) is 4.87. The molecule has 2 nitrogen and oxygen atoms in total. The lowest BCUT2D eigenvalue weighted by atomic mass is 9.95. The molecule has 1 aromatic rings. The highest BCUT2D eigenvalue weighted by molar-refractivity contribution is 9.10. The fourth-order valence-corrected chi connectivity index (χ4v) is 2.50. The monoisotopic (exact) mass is 268 g/mol. The minimum absolute atomic E-state index is 0.891. The van der Waals surface area contributed by atoms with E-state index in [1.54, 1.807) is 14.2 Å². The van der Waals surface area contributed by atoms with Crippen LogP contribution in [0.25, 0.3) is 6.08 Å². The maximum atomic E-state index is 5.39. The number of methoxy groups -OCH3 is 2. The zero-order chi connectivity index (χ0) is 10.8. The van der Waals surface area contributed by atoms with Crippen molar-refractivity contribution in [3.05, 3.63) is 27.7 Å². The largest absolute Gasteiger partial charge is 0.496 e. The van der Waals surface area contributed by atoms with Crippen molar-refractivity contribution in [1.29, 1.82) is 0 Å². The van der Waals surface area contributed by atoms with Crippen molar-refractivity contribution < 1.29 is 9.47 Å². The topological polar surface area (TPSA) is 18.5 Å². The van der Waals surface area contributed by atoms with Crippen molar-refractivity contribution in [2.45, 2.75) is 12.8 Å². The van der Waals surface area contributed by atoms with Gasteiger partial charge in [0.1, 0.15) is 11.5 Å². The van der Waals surface area contributed by atoms with Crippen LogP contribution in [0, 0.1) is 0 Å². The molecule has 0 aromatic heterocycles. The molecule has 0 spiro atoms. The second kappa shape index (κ2) is 4.27. The molecule has 0 aliphatic heterocycles. The van der Waals surface area contributed by atoms with Crippen LogP contribution in [0.4, 0.5) is 0 Å². The Balaban J connectivity index is 2.67. The van der Waals surface area contributed by atoms with Crippen LogP contribution < -0.4 is 9.47 Å². The van der Waals surface area contributed by atoms with Crippen molar-refractivity contribution in [2.24, 2.45) is 0 Å². The predicted molar refractivity (Wildman–Crippen MR) is 64.6 cm³/mol. The lowest BCUT2D eigenvalue weighted by molar-refractivity contribution is 0.395. The molecule has 1 aromatic carbocycles. The van der Waals surface area contributed by atoms with Crippen LogP contribution in [0.1, 0.15) is 17.5 Å². The van der Waals surface area contributed by atoms with E-state index in [0.29, 0.717) is 0 Å². The fraction of sp³-hybridized carbons (Fsp3) is 0.333. The van der Waals surface area contributed by atoms with Crippen LogP contribution in [-0.2, 0) is 6.42 Å². The fourth-order valence-electron chi connectivity index (χ4n) is 1.92. The van der Waals surface area contributed by atoms with E-state index in [0.717, 1.165) is 34.4 Å². The first kappa shape index (κ1) is 10.6.